The molecule has 1 aromatic carbocycles. The Morgan fingerprint density at radius 2 is 1.83 bits per heavy atom. The molecule has 0 spiro atoms. The number of rotatable bonds is 4. The summed E-state index contributed by atoms with van der Waals surface area (Å²) in [6.45, 7) is 1.34. The summed E-state index contributed by atoms with van der Waals surface area (Å²) in [6.07, 6.45) is -1.12. The van der Waals surface area contributed by atoms with Gasteiger partial charge in [-0.3, -0.25) is 14.8 Å². The zero-order chi connectivity index (χ0) is 13.7. The molecule has 18 heavy (non-hydrogen) atoms. The number of carbonyl (C=O) groups excluding carboxylic acids is 2. The van der Waals surface area contributed by atoms with Crippen LogP contribution in [0.3, 0.4) is 0 Å². The van der Waals surface area contributed by atoms with E-state index in [4.69, 9.17) is 5.21 Å². The zero-order valence-corrected chi connectivity index (χ0v) is 11.7. The van der Waals surface area contributed by atoms with Crippen LogP contribution in [0.25, 0.3) is 0 Å². The number of aliphatic hydroxyl groups is 1. The lowest BCUT2D eigenvalue weighted by Gasteiger charge is -2.19. The van der Waals surface area contributed by atoms with Crippen molar-refractivity contribution in [1.82, 2.24) is 10.8 Å². The van der Waals surface area contributed by atoms with Crippen molar-refractivity contribution in [3.63, 3.8) is 0 Å². The molecule has 6 nitrogen and oxygen atoms in total. The van der Waals surface area contributed by atoms with Gasteiger partial charge in [-0.25, -0.2) is 5.48 Å². The largest absolute Gasteiger partial charge is 0.391 e. The first-order chi connectivity index (χ1) is 8.45. The summed E-state index contributed by atoms with van der Waals surface area (Å²) in [6, 6.07) is 5.50. The van der Waals surface area contributed by atoms with Crippen molar-refractivity contribution in [2.75, 3.05) is 0 Å². The SMILES string of the molecule is CC(O)C(NC(=O)c1ccc(I)cc1)C(=O)NO. The first-order valence-corrected chi connectivity index (χ1v) is 6.22. The van der Waals surface area contributed by atoms with Gasteiger partial charge in [-0.1, -0.05) is 0 Å². The van der Waals surface area contributed by atoms with Gasteiger partial charge in [-0.15, -0.1) is 0 Å². The van der Waals surface area contributed by atoms with Gasteiger partial charge in [0.2, 0.25) is 0 Å². The number of halogens is 1. The lowest BCUT2D eigenvalue weighted by molar-refractivity contribution is -0.133. The van der Waals surface area contributed by atoms with Crippen LogP contribution in [-0.2, 0) is 4.79 Å². The van der Waals surface area contributed by atoms with Crippen LogP contribution in [0.15, 0.2) is 24.3 Å². The van der Waals surface area contributed by atoms with Crippen molar-refractivity contribution in [3.05, 3.63) is 33.4 Å². The summed E-state index contributed by atoms with van der Waals surface area (Å²) >= 11 is 2.10. The van der Waals surface area contributed by atoms with Crippen LogP contribution in [0.5, 0.6) is 0 Å². The molecule has 7 heteroatoms. The van der Waals surface area contributed by atoms with E-state index in [-0.39, 0.29) is 0 Å². The van der Waals surface area contributed by atoms with Gasteiger partial charge in [0.1, 0.15) is 6.04 Å². The molecule has 0 heterocycles. The molecule has 0 fully saturated rings. The lowest BCUT2D eigenvalue weighted by atomic mass is 10.1. The van der Waals surface area contributed by atoms with E-state index in [1.54, 1.807) is 24.3 Å². The number of aliphatic hydroxyl groups excluding tert-OH is 1. The second-order valence-electron chi connectivity index (χ2n) is 3.67. The topological polar surface area (TPSA) is 98.7 Å². The Labute approximate surface area is 117 Å². The first kappa shape index (κ1) is 14.9. The van der Waals surface area contributed by atoms with E-state index in [1.165, 1.54) is 12.4 Å². The van der Waals surface area contributed by atoms with Crippen molar-refractivity contribution >= 4 is 34.4 Å². The maximum atomic E-state index is 11.8. The fraction of sp³-hybridized carbons (Fsp3) is 0.273. The van der Waals surface area contributed by atoms with Gasteiger partial charge in [0.25, 0.3) is 11.8 Å². The molecule has 2 unspecified atom stereocenters. The number of carbonyl (C=O) groups is 2. The highest BCUT2D eigenvalue weighted by atomic mass is 127. The van der Waals surface area contributed by atoms with E-state index in [0.29, 0.717) is 5.56 Å². The van der Waals surface area contributed by atoms with Gasteiger partial charge in [-0.2, -0.15) is 0 Å². The second kappa shape index (κ2) is 6.66. The highest BCUT2D eigenvalue weighted by Crippen LogP contribution is 2.07. The minimum atomic E-state index is -1.21. The van der Waals surface area contributed by atoms with Crippen LogP contribution >= 0.6 is 22.6 Å². The van der Waals surface area contributed by atoms with Crippen LogP contribution in [0.2, 0.25) is 0 Å². The fourth-order valence-electron chi connectivity index (χ4n) is 1.30. The molecule has 0 saturated heterocycles. The van der Waals surface area contributed by atoms with Crippen molar-refractivity contribution in [2.24, 2.45) is 0 Å². The summed E-state index contributed by atoms with van der Waals surface area (Å²) in [5.74, 6) is -1.37. The van der Waals surface area contributed by atoms with E-state index in [1.807, 2.05) is 0 Å². The minimum absolute atomic E-state index is 0.367. The van der Waals surface area contributed by atoms with Crippen molar-refractivity contribution < 1.29 is 19.9 Å². The van der Waals surface area contributed by atoms with Gasteiger partial charge in [0, 0.05) is 9.13 Å². The average molecular weight is 364 g/mol. The predicted octanol–water partition coefficient (Wildman–Crippen LogP) is 0.276. The van der Waals surface area contributed by atoms with E-state index >= 15 is 0 Å². The molecule has 0 aliphatic carbocycles. The predicted molar refractivity (Wildman–Crippen MR) is 72.0 cm³/mol. The summed E-state index contributed by atoms with van der Waals surface area (Å²) in [5.41, 5.74) is 1.76. The van der Waals surface area contributed by atoms with Gasteiger partial charge in [-0.05, 0) is 53.8 Å². The minimum Gasteiger partial charge on any atom is -0.391 e. The Kier molecular flexibility index (Phi) is 5.51. The second-order valence-corrected chi connectivity index (χ2v) is 4.92. The monoisotopic (exact) mass is 364 g/mol. The van der Waals surface area contributed by atoms with E-state index in [2.05, 4.69) is 27.9 Å². The molecule has 2 amide bonds. The number of benzene rings is 1. The summed E-state index contributed by atoms with van der Waals surface area (Å²) < 4.78 is 0.976. The maximum Gasteiger partial charge on any atom is 0.268 e. The molecular formula is C11H13IN2O4. The van der Waals surface area contributed by atoms with Crippen LogP contribution in [0, 0.1) is 3.57 Å². The third-order valence-electron chi connectivity index (χ3n) is 2.27. The van der Waals surface area contributed by atoms with Crippen LogP contribution in [0.1, 0.15) is 17.3 Å². The quantitative estimate of drug-likeness (QED) is 0.350. The molecule has 0 aliphatic heterocycles. The number of hydrogen-bond acceptors (Lipinski definition) is 4. The Bertz CT molecular complexity index is 433. The molecule has 1 rings (SSSR count). The summed E-state index contributed by atoms with van der Waals surface area (Å²) in [5, 5.41) is 20.2. The van der Waals surface area contributed by atoms with Gasteiger partial charge in [0.15, 0.2) is 0 Å². The van der Waals surface area contributed by atoms with Crippen LogP contribution in [0.4, 0.5) is 0 Å². The first-order valence-electron chi connectivity index (χ1n) is 5.14. The zero-order valence-electron chi connectivity index (χ0n) is 9.55. The molecule has 0 aromatic heterocycles. The molecule has 0 aliphatic rings. The number of amides is 2. The highest BCUT2D eigenvalue weighted by molar-refractivity contribution is 14.1. The molecule has 0 saturated carbocycles. The van der Waals surface area contributed by atoms with E-state index < -0.39 is 24.0 Å². The van der Waals surface area contributed by atoms with Gasteiger partial charge < -0.3 is 10.4 Å². The van der Waals surface area contributed by atoms with Gasteiger partial charge >= 0.3 is 0 Å². The standard InChI is InChI=1S/C11H13IN2O4/c1-6(15)9(11(17)14-18)13-10(16)7-2-4-8(12)5-3-7/h2-6,9,15,18H,1H3,(H,13,16)(H,14,17). The number of hydrogen-bond donors (Lipinski definition) is 4. The fourth-order valence-corrected chi connectivity index (χ4v) is 1.66. The van der Waals surface area contributed by atoms with Crippen LogP contribution in [-0.4, -0.2) is 34.3 Å². The average Bonchev–Trinajstić information content (AvgIpc) is 2.35. The molecule has 0 bridgehead atoms. The Hall–Kier alpha value is -1.19. The molecule has 0 radical (unpaired) electrons. The summed E-state index contributed by atoms with van der Waals surface area (Å²) in [7, 11) is 0. The van der Waals surface area contributed by atoms with Crippen molar-refractivity contribution in [1.29, 1.82) is 0 Å². The maximum absolute atomic E-state index is 11.8. The Balaban J connectivity index is 2.78. The molecule has 2 atom stereocenters. The van der Waals surface area contributed by atoms with Crippen molar-refractivity contribution in [3.8, 4) is 0 Å². The highest BCUT2D eigenvalue weighted by Gasteiger charge is 2.25. The summed E-state index contributed by atoms with van der Waals surface area (Å²) in [4.78, 5) is 23.0. The molecular weight excluding hydrogens is 351 g/mol. The Morgan fingerprint density at radius 3 is 2.28 bits per heavy atom. The smallest absolute Gasteiger partial charge is 0.268 e. The molecule has 98 valence electrons. The number of hydroxylamine groups is 1. The van der Waals surface area contributed by atoms with Crippen LogP contribution < -0.4 is 10.8 Å². The Morgan fingerprint density at radius 1 is 1.28 bits per heavy atom. The normalized spacial score (nSPS) is 13.6. The van der Waals surface area contributed by atoms with E-state index in [0.717, 1.165) is 3.57 Å². The number of nitrogens with one attached hydrogen (secondary N) is 2. The lowest BCUT2D eigenvalue weighted by Crippen LogP contribution is -2.51. The van der Waals surface area contributed by atoms with E-state index in [9.17, 15) is 14.7 Å². The third-order valence-corrected chi connectivity index (χ3v) is 2.99. The van der Waals surface area contributed by atoms with Gasteiger partial charge in [0.05, 0.1) is 6.10 Å². The molecule has 1 aromatic rings. The molecule has 4 N–H and O–H groups in total. The van der Waals surface area contributed by atoms with Crippen molar-refractivity contribution in [2.45, 2.75) is 19.1 Å². The third kappa shape index (κ3) is 3.93.